The normalized spacial score (nSPS) is 25.4. The molecule has 0 aromatic heterocycles. The minimum Gasteiger partial charge on any atom is -0.488 e. The molecule has 3 rings (SSSR count). The summed E-state index contributed by atoms with van der Waals surface area (Å²) in [5, 5.41) is 8.82. The van der Waals surface area contributed by atoms with Crippen LogP contribution in [-0.4, -0.2) is 54.4 Å². The molecule has 1 aromatic rings. The van der Waals surface area contributed by atoms with E-state index in [0.29, 0.717) is 26.1 Å². The second-order valence-electron chi connectivity index (χ2n) is 5.55. The van der Waals surface area contributed by atoms with E-state index in [9.17, 15) is 9.18 Å². The van der Waals surface area contributed by atoms with E-state index in [4.69, 9.17) is 14.6 Å². The Morgan fingerprint density at radius 1 is 1.43 bits per heavy atom. The fraction of sp³-hybridized carbons (Fsp3) is 0.533. The molecule has 0 spiro atoms. The lowest BCUT2D eigenvalue weighted by molar-refractivity contribution is -0.142. The van der Waals surface area contributed by atoms with Gasteiger partial charge >= 0.3 is 5.97 Å². The van der Waals surface area contributed by atoms with Crippen molar-refractivity contribution in [2.75, 3.05) is 26.2 Å². The first-order valence-electron chi connectivity index (χ1n) is 7.11. The number of benzene rings is 1. The molecule has 1 saturated heterocycles. The highest BCUT2D eigenvalue weighted by molar-refractivity contribution is 5.67. The molecule has 21 heavy (non-hydrogen) atoms. The number of carboxylic acids is 1. The van der Waals surface area contributed by atoms with Gasteiger partial charge in [0, 0.05) is 31.6 Å². The average Bonchev–Trinajstić information content (AvgIpc) is 2.79. The van der Waals surface area contributed by atoms with E-state index in [-0.39, 0.29) is 24.4 Å². The summed E-state index contributed by atoms with van der Waals surface area (Å²) in [6.45, 7) is 2.60. The summed E-state index contributed by atoms with van der Waals surface area (Å²) in [5.41, 5.74) is 0.898. The summed E-state index contributed by atoms with van der Waals surface area (Å²) < 4.78 is 24.4. The van der Waals surface area contributed by atoms with Crippen LogP contribution < -0.4 is 4.74 Å². The number of aliphatic carboxylic acids is 1. The molecule has 1 N–H and O–H groups in total. The molecule has 2 aliphatic heterocycles. The maximum absolute atomic E-state index is 13.2. The molecule has 0 aliphatic carbocycles. The number of ether oxygens (including phenoxy) is 2. The van der Waals surface area contributed by atoms with Crippen molar-refractivity contribution in [3.8, 4) is 5.75 Å². The number of hydrogen-bond donors (Lipinski definition) is 1. The molecule has 2 atom stereocenters. The summed E-state index contributed by atoms with van der Waals surface area (Å²) in [4.78, 5) is 12.9. The first-order chi connectivity index (χ1) is 10.1. The summed E-state index contributed by atoms with van der Waals surface area (Å²) in [5.74, 6) is -0.343. The summed E-state index contributed by atoms with van der Waals surface area (Å²) in [6.07, 6.45) is 0.435. The van der Waals surface area contributed by atoms with Crippen LogP contribution >= 0.6 is 0 Å². The Morgan fingerprint density at radius 2 is 2.29 bits per heavy atom. The Morgan fingerprint density at radius 3 is 3.10 bits per heavy atom. The Hall–Kier alpha value is -1.66. The topological polar surface area (TPSA) is 59.0 Å². The quantitative estimate of drug-likeness (QED) is 0.907. The lowest BCUT2D eigenvalue weighted by Gasteiger charge is -2.33. The fourth-order valence-corrected chi connectivity index (χ4v) is 2.94. The number of carboxylic acid groups (broad SMARTS) is 1. The number of halogens is 1. The van der Waals surface area contributed by atoms with Gasteiger partial charge in [0.15, 0.2) is 0 Å². The van der Waals surface area contributed by atoms with E-state index >= 15 is 0 Å². The zero-order chi connectivity index (χ0) is 14.8. The molecule has 1 fully saturated rings. The minimum atomic E-state index is -0.846. The van der Waals surface area contributed by atoms with Gasteiger partial charge in [-0.1, -0.05) is 0 Å². The second-order valence-corrected chi connectivity index (χ2v) is 5.55. The van der Waals surface area contributed by atoms with Crippen LogP contribution in [0, 0.1) is 5.82 Å². The van der Waals surface area contributed by atoms with Gasteiger partial charge in [-0.25, -0.2) is 4.39 Å². The predicted molar refractivity (Wildman–Crippen MR) is 73.0 cm³/mol. The molecule has 0 bridgehead atoms. The molecule has 1 aromatic carbocycles. The van der Waals surface area contributed by atoms with Crippen molar-refractivity contribution >= 4 is 5.97 Å². The van der Waals surface area contributed by atoms with Crippen LogP contribution in [0.15, 0.2) is 18.2 Å². The third-order valence-electron chi connectivity index (χ3n) is 3.85. The predicted octanol–water partition coefficient (Wildman–Crippen LogP) is 1.30. The van der Waals surface area contributed by atoms with Crippen molar-refractivity contribution < 1.29 is 23.8 Å². The largest absolute Gasteiger partial charge is 0.488 e. The molecular formula is C15H18FNO4. The highest BCUT2D eigenvalue weighted by Gasteiger charge is 2.29. The maximum Gasteiger partial charge on any atom is 0.306 e. The number of carbonyl (C=O) groups is 1. The summed E-state index contributed by atoms with van der Waals surface area (Å²) in [6, 6.07) is 4.58. The third-order valence-corrected chi connectivity index (χ3v) is 3.85. The van der Waals surface area contributed by atoms with Gasteiger partial charge in [0.1, 0.15) is 17.7 Å². The van der Waals surface area contributed by atoms with E-state index < -0.39 is 5.97 Å². The Bertz CT molecular complexity index is 536. The summed E-state index contributed by atoms with van der Waals surface area (Å²) >= 11 is 0. The van der Waals surface area contributed by atoms with Crippen LogP contribution in [0.4, 0.5) is 4.39 Å². The lowest BCUT2D eigenvalue weighted by Crippen LogP contribution is -2.46. The fourth-order valence-electron chi connectivity index (χ4n) is 2.94. The van der Waals surface area contributed by atoms with E-state index in [0.717, 1.165) is 17.9 Å². The molecule has 0 saturated carbocycles. The van der Waals surface area contributed by atoms with Gasteiger partial charge < -0.3 is 14.6 Å². The second kappa shape index (κ2) is 5.99. The van der Waals surface area contributed by atoms with Crippen LogP contribution in [0.25, 0.3) is 0 Å². The standard InChI is InChI=1S/C15H18FNO4/c16-11-1-2-14-10(5-11)6-13(21-14)9-17-3-4-20-12(8-17)7-15(18)19/h1-2,5,12-13H,3-4,6-9H2,(H,18,19). The number of hydrogen-bond acceptors (Lipinski definition) is 4. The molecule has 114 valence electrons. The molecule has 5 nitrogen and oxygen atoms in total. The van der Waals surface area contributed by atoms with Crippen LogP contribution in [0.5, 0.6) is 5.75 Å². The van der Waals surface area contributed by atoms with Crippen LogP contribution in [0.2, 0.25) is 0 Å². The number of nitrogens with zero attached hydrogens (tertiary/aromatic N) is 1. The average molecular weight is 295 g/mol. The smallest absolute Gasteiger partial charge is 0.306 e. The van der Waals surface area contributed by atoms with E-state index in [2.05, 4.69) is 4.90 Å². The first-order valence-corrected chi connectivity index (χ1v) is 7.11. The van der Waals surface area contributed by atoms with Crippen LogP contribution in [-0.2, 0) is 16.0 Å². The SMILES string of the molecule is O=C(O)CC1CN(CC2Cc3cc(F)ccc3O2)CCO1. The Kier molecular flexibility index (Phi) is 4.07. The molecule has 2 heterocycles. The third kappa shape index (κ3) is 3.51. The van der Waals surface area contributed by atoms with Gasteiger partial charge in [-0.3, -0.25) is 9.69 Å². The highest BCUT2D eigenvalue weighted by atomic mass is 19.1. The molecule has 6 heteroatoms. The van der Waals surface area contributed by atoms with Crippen molar-refractivity contribution in [3.05, 3.63) is 29.6 Å². The van der Waals surface area contributed by atoms with Gasteiger partial charge in [-0.05, 0) is 18.2 Å². The lowest BCUT2D eigenvalue weighted by atomic mass is 10.1. The van der Waals surface area contributed by atoms with Gasteiger partial charge in [0.05, 0.1) is 19.1 Å². The van der Waals surface area contributed by atoms with Crippen molar-refractivity contribution in [2.45, 2.75) is 25.0 Å². The van der Waals surface area contributed by atoms with Crippen molar-refractivity contribution in [3.63, 3.8) is 0 Å². The number of rotatable bonds is 4. The van der Waals surface area contributed by atoms with Crippen LogP contribution in [0.1, 0.15) is 12.0 Å². The van der Waals surface area contributed by atoms with Gasteiger partial charge in [0.25, 0.3) is 0 Å². The monoisotopic (exact) mass is 295 g/mol. The van der Waals surface area contributed by atoms with Crippen molar-refractivity contribution in [2.24, 2.45) is 0 Å². The minimum absolute atomic E-state index is 0.00891. The summed E-state index contributed by atoms with van der Waals surface area (Å²) in [7, 11) is 0. The first kappa shape index (κ1) is 14.3. The van der Waals surface area contributed by atoms with Crippen molar-refractivity contribution in [1.29, 1.82) is 0 Å². The Balaban J connectivity index is 1.55. The zero-order valence-electron chi connectivity index (χ0n) is 11.6. The van der Waals surface area contributed by atoms with Gasteiger partial charge in [-0.2, -0.15) is 0 Å². The number of fused-ring (bicyclic) bond motifs is 1. The van der Waals surface area contributed by atoms with Gasteiger partial charge in [0.2, 0.25) is 0 Å². The Labute approximate surface area is 122 Å². The van der Waals surface area contributed by atoms with Crippen molar-refractivity contribution in [1.82, 2.24) is 4.90 Å². The van der Waals surface area contributed by atoms with E-state index in [1.54, 1.807) is 6.07 Å². The number of morpholine rings is 1. The van der Waals surface area contributed by atoms with E-state index in [1.165, 1.54) is 12.1 Å². The highest BCUT2D eigenvalue weighted by Crippen LogP contribution is 2.29. The van der Waals surface area contributed by atoms with Gasteiger partial charge in [-0.15, -0.1) is 0 Å². The van der Waals surface area contributed by atoms with Crippen LogP contribution in [0.3, 0.4) is 0 Å². The van der Waals surface area contributed by atoms with E-state index in [1.807, 2.05) is 0 Å². The molecule has 0 radical (unpaired) electrons. The molecule has 2 aliphatic rings. The molecular weight excluding hydrogens is 277 g/mol. The molecule has 0 amide bonds. The maximum atomic E-state index is 13.2. The molecule has 2 unspecified atom stereocenters. The zero-order valence-corrected chi connectivity index (χ0v) is 11.6.